The van der Waals surface area contributed by atoms with Crippen molar-refractivity contribution in [2.24, 2.45) is 7.05 Å². The molecule has 5 aromatic rings. The largest absolute Gasteiger partial charge is 0.464 e. The van der Waals surface area contributed by atoms with Crippen LogP contribution in [-0.4, -0.2) is 70.1 Å². The fourth-order valence-electron chi connectivity index (χ4n) is 7.17. The molecule has 0 radical (unpaired) electrons. The highest BCUT2D eigenvalue weighted by Gasteiger charge is 2.34. The number of nitrogens with one attached hydrogen (secondary N) is 1. The summed E-state index contributed by atoms with van der Waals surface area (Å²) >= 11 is 7.98. The molecule has 1 N–H and O–H groups in total. The number of ether oxygens (including phenoxy) is 2. The summed E-state index contributed by atoms with van der Waals surface area (Å²) in [6, 6.07) is 17.1. The Balaban J connectivity index is 1.33. The molecule has 0 saturated carbocycles. The van der Waals surface area contributed by atoms with Gasteiger partial charge in [-0.25, -0.2) is 9.78 Å². The lowest BCUT2D eigenvalue weighted by Crippen LogP contribution is -2.58. The summed E-state index contributed by atoms with van der Waals surface area (Å²) in [7, 11) is 2.04. The first-order valence-corrected chi connectivity index (χ1v) is 18.2. The van der Waals surface area contributed by atoms with Crippen molar-refractivity contribution in [3.63, 3.8) is 0 Å². The second kappa shape index (κ2) is 13.2. The summed E-state index contributed by atoms with van der Waals surface area (Å²) in [5.74, 6) is 0.0347. The smallest absolute Gasteiger partial charge is 0.339 e. The highest BCUT2D eigenvalue weighted by Crippen LogP contribution is 2.45. The minimum absolute atomic E-state index is 0.265. The Morgan fingerprint density at radius 2 is 1.79 bits per heavy atom. The number of hydrogen-bond acceptors (Lipinski definition) is 8. The van der Waals surface area contributed by atoms with Crippen LogP contribution in [0.1, 0.15) is 69.4 Å². The third kappa shape index (κ3) is 6.39. The molecule has 1 atom stereocenters. The van der Waals surface area contributed by atoms with Gasteiger partial charge in [0.05, 0.1) is 33.6 Å². The highest BCUT2D eigenvalue weighted by molar-refractivity contribution is 7.22. The molecule has 2 fully saturated rings. The van der Waals surface area contributed by atoms with E-state index in [0.717, 1.165) is 87.6 Å². The molecule has 2 saturated heterocycles. The molecule has 4 heterocycles. The van der Waals surface area contributed by atoms with E-state index in [4.69, 9.17) is 31.2 Å². The number of carbonyl (C=O) groups is 1. The predicted octanol–water partition coefficient (Wildman–Crippen LogP) is 8.05. The standard InChI is InChI=1S/C38H44ClN5O3S/c1-7-46-37(45)34(47-38(3,4)5)31-22(2)18-29-35(32(31)23-8-11-26(39)12-9-23)48-36(41-29)25-10-13-30-28(19-25)33(42-43(30)6)24-14-16-44(17-15-24)27-20-40-21-27/h8-13,18-19,24,27,34,40H,7,14-17,20-21H2,1-6H3/t34-/m0/s1. The van der Waals surface area contributed by atoms with Crippen molar-refractivity contribution in [3.8, 4) is 21.7 Å². The average molecular weight is 686 g/mol. The third-order valence-corrected chi connectivity index (χ3v) is 11.0. The van der Waals surface area contributed by atoms with E-state index in [-0.39, 0.29) is 6.61 Å². The fourth-order valence-corrected chi connectivity index (χ4v) is 8.42. The van der Waals surface area contributed by atoms with Crippen molar-refractivity contribution in [2.45, 2.75) is 71.1 Å². The first kappa shape index (κ1) is 33.2. The van der Waals surface area contributed by atoms with Gasteiger partial charge in [0.1, 0.15) is 5.01 Å². The van der Waals surface area contributed by atoms with Gasteiger partial charge in [-0.05, 0) is 108 Å². The minimum Gasteiger partial charge on any atom is -0.464 e. The molecule has 8 nitrogen and oxygen atoms in total. The number of likely N-dealkylation sites (tertiary alicyclic amines) is 1. The molecule has 0 amide bonds. The van der Waals surface area contributed by atoms with Gasteiger partial charge in [0.2, 0.25) is 0 Å². The lowest BCUT2D eigenvalue weighted by atomic mass is 9.90. The Bertz CT molecular complexity index is 1970. The molecule has 2 aliphatic rings. The molecule has 2 aromatic heterocycles. The molecule has 2 aliphatic heterocycles. The van der Waals surface area contributed by atoms with Crippen LogP contribution in [0, 0.1) is 6.92 Å². The van der Waals surface area contributed by atoms with E-state index in [2.05, 4.69) is 34.5 Å². The number of piperidine rings is 1. The molecular weight excluding hydrogens is 642 g/mol. The maximum absolute atomic E-state index is 13.5. The van der Waals surface area contributed by atoms with Crippen LogP contribution < -0.4 is 5.32 Å². The normalized spacial score (nSPS) is 17.2. The van der Waals surface area contributed by atoms with Crippen LogP contribution in [0.15, 0.2) is 48.5 Å². The molecule has 252 valence electrons. The second-order valence-corrected chi connectivity index (χ2v) is 15.5. The van der Waals surface area contributed by atoms with Crippen LogP contribution in [0.5, 0.6) is 0 Å². The number of thiazole rings is 1. The van der Waals surface area contributed by atoms with Crippen LogP contribution in [-0.2, 0) is 21.3 Å². The zero-order chi connectivity index (χ0) is 33.7. The number of aromatic nitrogens is 3. The predicted molar refractivity (Wildman–Crippen MR) is 195 cm³/mol. The highest BCUT2D eigenvalue weighted by atomic mass is 35.5. The SMILES string of the molecule is CCOC(=O)[C@@H](OC(C)(C)C)c1c(C)cc2nc(-c3ccc4c(c3)c(C3CCN(C5CNC5)CC3)nn4C)sc2c1-c1ccc(Cl)cc1. The van der Waals surface area contributed by atoms with Gasteiger partial charge in [0, 0.05) is 59.2 Å². The van der Waals surface area contributed by atoms with Gasteiger partial charge in [-0.15, -0.1) is 11.3 Å². The van der Waals surface area contributed by atoms with Crippen molar-refractivity contribution in [1.29, 1.82) is 0 Å². The van der Waals surface area contributed by atoms with Crippen LogP contribution in [0.25, 0.3) is 42.8 Å². The summed E-state index contributed by atoms with van der Waals surface area (Å²) in [4.78, 5) is 21.4. The van der Waals surface area contributed by atoms with Crippen molar-refractivity contribution >= 4 is 50.0 Å². The first-order chi connectivity index (χ1) is 23.0. The van der Waals surface area contributed by atoms with Crippen LogP contribution in [0.3, 0.4) is 0 Å². The van der Waals surface area contributed by atoms with Crippen LogP contribution in [0.2, 0.25) is 5.02 Å². The van der Waals surface area contributed by atoms with Gasteiger partial charge >= 0.3 is 5.97 Å². The average Bonchev–Trinajstić information content (AvgIpc) is 3.59. The van der Waals surface area contributed by atoms with Crippen LogP contribution >= 0.6 is 22.9 Å². The Kier molecular flexibility index (Phi) is 9.10. The molecular formula is C38H44ClN5O3S. The number of nitrogens with zero attached hydrogens (tertiary/aromatic N) is 4. The van der Waals surface area contributed by atoms with E-state index in [9.17, 15) is 4.79 Å². The number of aryl methyl sites for hydroxylation is 2. The van der Waals surface area contributed by atoms with E-state index in [1.807, 2.05) is 70.6 Å². The molecule has 0 unspecified atom stereocenters. The molecule has 10 heteroatoms. The number of hydrogen-bond donors (Lipinski definition) is 1. The van der Waals surface area contributed by atoms with E-state index >= 15 is 0 Å². The Labute approximate surface area is 291 Å². The summed E-state index contributed by atoms with van der Waals surface area (Å²) in [6.45, 7) is 14.4. The van der Waals surface area contributed by atoms with Crippen molar-refractivity contribution < 1.29 is 14.3 Å². The lowest BCUT2D eigenvalue weighted by Gasteiger charge is -2.42. The van der Waals surface area contributed by atoms with E-state index in [1.165, 1.54) is 11.1 Å². The summed E-state index contributed by atoms with van der Waals surface area (Å²) in [6.07, 6.45) is 1.34. The lowest BCUT2D eigenvalue weighted by molar-refractivity contribution is -0.166. The van der Waals surface area contributed by atoms with Gasteiger partial charge in [-0.1, -0.05) is 23.7 Å². The molecule has 3 aromatic carbocycles. The number of rotatable bonds is 8. The number of carbonyl (C=O) groups excluding carboxylic acids is 1. The maximum atomic E-state index is 13.5. The molecule has 0 aliphatic carbocycles. The molecule has 0 spiro atoms. The Hall–Kier alpha value is -3.34. The summed E-state index contributed by atoms with van der Waals surface area (Å²) < 4.78 is 15.1. The van der Waals surface area contributed by atoms with Gasteiger partial charge in [-0.3, -0.25) is 9.58 Å². The Morgan fingerprint density at radius 3 is 2.44 bits per heavy atom. The van der Waals surface area contributed by atoms with Crippen LogP contribution in [0.4, 0.5) is 0 Å². The van der Waals surface area contributed by atoms with E-state index in [1.54, 1.807) is 11.3 Å². The summed E-state index contributed by atoms with van der Waals surface area (Å²) in [5, 5.41) is 11.2. The maximum Gasteiger partial charge on any atom is 0.339 e. The van der Waals surface area contributed by atoms with Gasteiger partial charge in [0.25, 0.3) is 0 Å². The number of esters is 1. The van der Waals surface area contributed by atoms with Gasteiger partial charge in [-0.2, -0.15) is 5.10 Å². The van der Waals surface area contributed by atoms with Crippen molar-refractivity contribution in [3.05, 3.63) is 70.4 Å². The quantitative estimate of drug-likeness (QED) is 0.166. The number of benzene rings is 3. The monoisotopic (exact) mass is 685 g/mol. The van der Waals surface area contributed by atoms with Gasteiger partial charge < -0.3 is 14.8 Å². The number of fused-ring (bicyclic) bond motifs is 2. The Morgan fingerprint density at radius 1 is 1.08 bits per heavy atom. The number of halogens is 1. The third-order valence-electron chi connectivity index (χ3n) is 9.61. The summed E-state index contributed by atoms with van der Waals surface area (Å²) in [5.41, 5.74) is 7.26. The van der Waals surface area contributed by atoms with Crippen molar-refractivity contribution in [2.75, 3.05) is 32.8 Å². The second-order valence-electron chi connectivity index (χ2n) is 14.1. The molecule has 7 rings (SSSR count). The van der Waals surface area contributed by atoms with E-state index < -0.39 is 17.7 Å². The fraction of sp³-hybridized carbons (Fsp3) is 0.447. The van der Waals surface area contributed by atoms with Crippen molar-refractivity contribution in [1.82, 2.24) is 25.0 Å². The van der Waals surface area contributed by atoms with E-state index in [0.29, 0.717) is 17.0 Å². The molecule has 48 heavy (non-hydrogen) atoms. The first-order valence-electron chi connectivity index (χ1n) is 17.0. The van der Waals surface area contributed by atoms with Gasteiger partial charge in [0.15, 0.2) is 6.10 Å². The minimum atomic E-state index is -0.910. The topological polar surface area (TPSA) is 81.5 Å². The molecule has 0 bridgehead atoms. The zero-order valence-corrected chi connectivity index (χ0v) is 30.2. The zero-order valence-electron chi connectivity index (χ0n) is 28.6.